The van der Waals surface area contributed by atoms with Gasteiger partial charge in [-0.25, -0.2) is 19.8 Å². The molecule has 0 unspecified atom stereocenters. The van der Waals surface area contributed by atoms with E-state index in [1.165, 1.54) is 24.7 Å². The van der Waals surface area contributed by atoms with E-state index in [9.17, 15) is 9.18 Å². The van der Waals surface area contributed by atoms with Gasteiger partial charge in [-0.15, -0.1) is 0 Å². The fourth-order valence-corrected chi connectivity index (χ4v) is 1.97. The molecule has 1 aromatic carbocycles. The van der Waals surface area contributed by atoms with Gasteiger partial charge in [-0.05, 0) is 6.07 Å². The predicted octanol–water partition coefficient (Wildman–Crippen LogP) is 2.51. The maximum absolute atomic E-state index is 13.3. The molecule has 0 saturated heterocycles. The SMILES string of the molecule is O=C(CSc1ncc(Cl)cn1)NN=Cc1ccccc1F. The lowest BCUT2D eigenvalue weighted by molar-refractivity contribution is -0.118. The van der Waals surface area contributed by atoms with E-state index in [2.05, 4.69) is 20.5 Å². The lowest BCUT2D eigenvalue weighted by atomic mass is 10.2. The standard InChI is InChI=1S/C13H10ClFN4OS/c14-10-6-16-13(17-7-10)21-8-12(20)19-18-5-9-3-1-2-4-11(9)15/h1-7H,8H2,(H,19,20). The summed E-state index contributed by atoms with van der Waals surface area (Å²) in [4.78, 5) is 19.4. The molecule has 0 atom stereocenters. The van der Waals surface area contributed by atoms with Crippen molar-refractivity contribution in [2.45, 2.75) is 5.16 Å². The molecule has 0 fully saturated rings. The summed E-state index contributed by atoms with van der Waals surface area (Å²) in [6.07, 6.45) is 4.15. The van der Waals surface area contributed by atoms with Crippen LogP contribution in [0.4, 0.5) is 4.39 Å². The van der Waals surface area contributed by atoms with Crippen molar-refractivity contribution in [1.29, 1.82) is 0 Å². The lowest BCUT2D eigenvalue weighted by Crippen LogP contribution is -2.19. The van der Waals surface area contributed by atoms with Gasteiger partial charge in [-0.3, -0.25) is 4.79 Å². The van der Waals surface area contributed by atoms with Crippen molar-refractivity contribution < 1.29 is 9.18 Å². The van der Waals surface area contributed by atoms with Crippen molar-refractivity contribution in [2.24, 2.45) is 5.10 Å². The van der Waals surface area contributed by atoms with Crippen LogP contribution in [0.1, 0.15) is 5.56 Å². The molecule has 1 amide bonds. The van der Waals surface area contributed by atoms with Gasteiger partial charge < -0.3 is 0 Å². The number of nitrogens with one attached hydrogen (secondary N) is 1. The molecule has 0 aliphatic heterocycles. The molecule has 1 aromatic heterocycles. The van der Waals surface area contributed by atoms with Gasteiger partial charge in [0.2, 0.25) is 0 Å². The Hall–Kier alpha value is -1.99. The van der Waals surface area contributed by atoms with Crippen molar-refractivity contribution in [2.75, 3.05) is 5.75 Å². The first-order valence-corrected chi connectivity index (χ1v) is 7.18. The Bertz CT molecular complexity index is 651. The Morgan fingerprint density at radius 1 is 1.38 bits per heavy atom. The van der Waals surface area contributed by atoms with E-state index in [-0.39, 0.29) is 11.7 Å². The van der Waals surface area contributed by atoms with Gasteiger partial charge in [0, 0.05) is 5.56 Å². The molecular formula is C13H10ClFN4OS. The van der Waals surface area contributed by atoms with Crippen molar-refractivity contribution in [3.05, 3.63) is 53.1 Å². The summed E-state index contributed by atoms with van der Waals surface area (Å²) in [6.45, 7) is 0. The molecule has 2 rings (SSSR count). The van der Waals surface area contributed by atoms with Crippen molar-refractivity contribution >= 4 is 35.5 Å². The smallest absolute Gasteiger partial charge is 0.250 e. The molecule has 5 nitrogen and oxygen atoms in total. The molecular weight excluding hydrogens is 315 g/mol. The topological polar surface area (TPSA) is 67.2 Å². The third-order valence-corrected chi connectivity index (χ3v) is 3.30. The quantitative estimate of drug-likeness (QED) is 0.397. The molecule has 0 saturated carbocycles. The summed E-state index contributed by atoms with van der Waals surface area (Å²) >= 11 is 6.80. The number of aromatic nitrogens is 2. The van der Waals surface area contributed by atoms with Crippen LogP contribution in [0.3, 0.4) is 0 Å². The summed E-state index contributed by atoms with van der Waals surface area (Å²) in [5, 5.41) is 4.56. The summed E-state index contributed by atoms with van der Waals surface area (Å²) in [5.41, 5.74) is 2.60. The van der Waals surface area contributed by atoms with E-state index in [0.29, 0.717) is 15.7 Å². The van der Waals surface area contributed by atoms with E-state index in [1.807, 2.05) is 0 Å². The van der Waals surface area contributed by atoms with Gasteiger partial charge in [0.1, 0.15) is 5.82 Å². The normalized spacial score (nSPS) is 10.8. The number of carbonyl (C=O) groups is 1. The first-order chi connectivity index (χ1) is 10.1. The van der Waals surface area contributed by atoms with Crippen molar-refractivity contribution in [3.8, 4) is 0 Å². The van der Waals surface area contributed by atoms with E-state index in [1.54, 1.807) is 18.2 Å². The third kappa shape index (κ3) is 5.13. The van der Waals surface area contributed by atoms with Crippen molar-refractivity contribution in [1.82, 2.24) is 15.4 Å². The van der Waals surface area contributed by atoms with Crippen molar-refractivity contribution in [3.63, 3.8) is 0 Å². The zero-order valence-corrected chi connectivity index (χ0v) is 12.2. The summed E-state index contributed by atoms with van der Waals surface area (Å²) in [5.74, 6) is -0.651. The summed E-state index contributed by atoms with van der Waals surface area (Å²) < 4.78 is 13.3. The fraction of sp³-hybridized carbons (Fsp3) is 0.0769. The van der Waals surface area contributed by atoms with Crippen LogP contribution in [0.5, 0.6) is 0 Å². The zero-order chi connectivity index (χ0) is 15.1. The molecule has 0 radical (unpaired) electrons. The highest BCUT2D eigenvalue weighted by Gasteiger charge is 2.04. The highest BCUT2D eigenvalue weighted by molar-refractivity contribution is 7.99. The van der Waals surface area contributed by atoms with Gasteiger partial charge in [0.15, 0.2) is 5.16 Å². The minimum atomic E-state index is -0.403. The molecule has 108 valence electrons. The van der Waals surface area contributed by atoms with Crippen LogP contribution in [0.25, 0.3) is 0 Å². The van der Waals surface area contributed by atoms with Crippen LogP contribution in [0.2, 0.25) is 5.02 Å². The lowest BCUT2D eigenvalue weighted by Gasteiger charge is -1.99. The number of hydrogen-bond donors (Lipinski definition) is 1. The average molecular weight is 325 g/mol. The monoisotopic (exact) mass is 324 g/mol. The van der Waals surface area contributed by atoms with Crippen LogP contribution in [-0.2, 0) is 4.79 Å². The van der Waals surface area contributed by atoms with Gasteiger partial charge in [-0.2, -0.15) is 5.10 Å². The number of rotatable bonds is 5. The second-order valence-corrected chi connectivity index (χ2v) is 5.17. The Kier molecular flexibility index (Phi) is 5.65. The molecule has 21 heavy (non-hydrogen) atoms. The Labute approximate surface area is 129 Å². The maximum Gasteiger partial charge on any atom is 0.250 e. The second-order valence-electron chi connectivity index (χ2n) is 3.79. The highest BCUT2D eigenvalue weighted by atomic mass is 35.5. The fourth-order valence-electron chi connectivity index (χ4n) is 1.29. The number of nitrogens with zero attached hydrogens (tertiary/aromatic N) is 3. The molecule has 0 aliphatic rings. The van der Waals surface area contributed by atoms with Crippen LogP contribution in [0.15, 0.2) is 46.9 Å². The predicted molar refractivity (Wildman–Crippen MR) is 79.9 cm³/mol. The van der Waals surface area contributed by atoms with Gasteiger partial charge in [-0.1, -0.05) is 41.6 Å². The minimum Gasteiger partial charge on any atom is -0.272 e. The van der Waals surface area contributed by atoms with E-state index in [0.717, 1.165) is 11.8 Å². The number of benzene rings is 1. The summed E-state index contributed by atoms with van der Waals surface area (Å²) in [6, 6.07) is 6.13. The van der Waals surface area contributed by atoms with E-state index in [4.69, 9.17) is 11.6 Å². The van der Waals surface area contributed by atoms with Crippen LogP contribution in [0, 0.1) is 5.82 Å². The Morgan fingerprint density at radius 3 is 2.81 bits per heavy atom. The zero-order valence-electron chi connectivity index (χ0n) is 10.7. The number of amides is 1. The highest BCUT2D eigenvalue weighted by Crippen LogP contribution is 2.13. The number of halogens is 2. The molecule has 2 aromatic rings. The number of hydrazone groups is 1. The van der Waals surface area contributed by atoms with Crippen LogP contribution < -0.4 is 5.43 Å². The molecule has 1 heterocycles. The Balaban J connectivity index is 1.80. The minimum absolute atomic E-state index is 0.0935. The first-order valence-electron chi connectivity index (χ1n) is 5.82. The van der Waals surface area contributed by atoms with E-state index >= 15 is 0 Å². The largest absolute Gasteiger partial charge is 0.272 e. The molecule has 8 heteroatoms. The Morgan fingerprint density at radius 2 is 2.10 bits per heavy atom. The summed E-state index contributed by atoms with van der Waals surface area (Å²) in [7, 11) is 0. The van der Waals surface area contributed by atoms with Crippen LogP contribution in [-0.4, -0.2) is 27.8 Å². The molecule has 1 N–H and O–H groups in total. The average Bonchev–Trinajstić information content (AvgIpc) is 2.49. The maximum atomic E-state index is 13.3. The van der Waals surface area contributed by atoms with Gasteiger partial charge in [0.05, 0.1) is 29.4 Å². The third-order valence-electron chi connectivity index (χ3n) is 2.23. The molecule has 0 bridgehead atoms. The first kappa shape index (κ1) is 15.4. The van der Waals surface area contributed by atoms with Gasteiger partial charge >= 0.3 is 0 Å². The van der Waals surface area contributed by atoms with Crippen LogP contribution >= 0.6 is 23.4 Å². The number of hydrogen-bond acceptors (Lipinski definition) is 5. The second kappa shape index (κ2) is 7.70. The molecule has 0 aliphatic carbocycles. The van der Waals surface area contributed by atoms with E-state index < -0.39 is 5.82 Å². The number of carbonyl (C=O) groups excluding carboxylic acids is 1. The number of thioether (sulfide) groups is 1. The molecule has 0 spiro atoms. The van der Waals surface area contributed by atoms with Gasteiger partial charge in [0.25, 0.3) is 5.91 Å².